The molecule has 0 saturated carbocycles. The van der Waals surface area contributed by atoms with E-state index in [1.165, 1.54) is 0 Å². The molecule has 0 aromatic heterocycles. The topological polar surface area (TPSA) is 72.5 Å². The molecule has 3 atom stereocenters. The van der Waals surface area contributed by atoms with Crippen LogP contribution in [0.25, 0.3) is 0 Å². The third kappa shape index (κ3) is 6.25. The van der Waals surface area contributed by atoms with Gasteiger partial charge in [0, 0.05) is 27.2 Å². The summed E-state index contributed by atoms with van der Waals surface area (Å²) in [6.07, 6.45) is -0.729. The number of esters is 1. The Morgan fingerprint density at radius 2 is 1.82 bits per heavy atom. The van der Waals surface area contributed by atoms with Crippen LogP contribution in [0.15, 0.2) is 30.3 Å². The highest BCUT2D eigenvalue weighted by Crippen LogP contribution is 2.38. The van der Waals surface area contributed by atoms with E-state index < -0.39 is 17.6 Å². The number of ether oxygens (including phenoxy) is 6. The lowest BCUT2D eigenvalue weighted by molar-refractivity contribution is -0.156. The summed E-state index contributed by atoms with van der Waals surface area (Å²) in [6.45, 7) is 5.60. The van der Waals surface area contributed by atoms with Crippen molar-refractivity contribution < 1.29 is 33.2 Å². The molecule has 1 aromatic carbocycles. The molecule has 0 N–H and O–H groups in total. The summed E-state index contributed by atoms with van der Waals surface area (Å²) in [6, 6.07) is 9.96. The SMILES string of the molecule is COCCOCO[C@H]1[C@@H]([C@H](CCOCc2ccccc2)OC)OC(=O)C1(C)C. The van der Waals surface area contributed by atoms with Gasteiger partial charge in [0.2, 0.25) is 0 Å². The first kappa shape index (κ1) is 22.8. The van der Waals surface area contributed by atoms with Crippen LogP contribution < -0.4 is 0 Å². The van der Waals surface area contributed by atoms with Crippen LogP contribution in [0.5, 0.6) is 0 Å². The molecule has 0 aliphatic carbocycles. The Kier molecular flexibility index (Phi) is 9.34. The fourth-order valence-corrected chi connectivity index (χ4v) is 3.14. The van der Waals surface area contributed by atoms with Gasteiger partial charge in [0.15, 0.2) is 6.10 Å². The van der Waals surface area contributed by atoms with E-state index in [9.17, 15) is 4.79 Å². The van der Waals surface area contributed by atoms with E-state index in [-0.39, 0.29) is 18.9 Å². The average Bonchev–Trinajstić information content (AvgIpc) is 2.92. The van der Waals surface area contributed by atoms with Gasteiger partial charge in [-0.15, -0.1) is 0 Å². The lowest BCUT2D eigenvalue weighted by Gasteiger charge is -2.29. The molecule has 1 aromatic rings. The number of hydrogen-bond acceptors (Lipinski definition) is 7. The summed E-state index contributed by atoms with van der Waals surface area (Å²) in [4.78, 5) is 12.3. The lowest BCUT2D eigenvalue weighted by Crippen LogP contribution is -2.43. The summed E-state index contributed by atoms with van der Waals surface area (Å²) in [5.74, 6) is -0.299. The van der Waals surface area contributed by atoms with Crippen molar-refractivity contribution in [3.63, 3.8) is 0 Å². The van der Waals surface area contributed by atoms with Crippen molar-refractivity contribution in [2.45, 2.75) is 45.2 Å². The molecule has 2 rings (SSSR count). The van der Waals surface area contributed by atoms with Gasteiger partial charge in [-0.25, -0.2) is 0 Å². The summed E-state index contributed by atoms with van der Waals surface area (Å²) in [5.41, 5.74) is 0.330. The maximum absolute atomic E-state index is 12.3. The second kappa shape index (κ2) is 11.5. The Bertz CT molecular complexity index is 575. The molecule has 0 spiro atoms. The van der Waals surface area contributed by atoms with Gasteiger partial charge in [0.25, 0.3) is 0 Å². The van der Waals surface area contributed by atoms with Crippen LogP contribution in [-0.2, 0) is 39.8 Å². The average molecular weight is 396 g/mol. The monoisotopic (exact) mass is 396 g/mol. The van der Waals surface area contributed by atoms with Crippen molar-refractivity contribution in [2.24, 2.45) is 5.41 Å². The van der Waals surface area contributed by atoms with Gasteiger partial charge in [0.1, 0.15) is 12.9 Å². The Morgan fingerprint density at radius 3 is 2.50 bits per heavy atom. The first-order valence-corrected chi connectivity index (χ1v) is 9.54. The van der Waals surface area contributed by atoms with Gasteiger partial charge in [-0.1, -0.05) is 30.3 Å². The Labute approximate surface area is 167 Å². The first-order valence-electron chi connectivity index (χ1n) is 9.54. The minimum absolute atomic E-state index is 0.0610. The van der Waals surface area contributed by atoms with Crippen molar-refractivity contribution in [3.05, 3.63) is 35.9 Å². The predicted molar refractivity (Wildman–Crippen MR) is 103 cm³/mol. The summed E-state index contributed by atoms with van der Waals surface area (Å²) >= 11 is 0. The van der Waals surface area contributed by atoms with Gasteiger partial charge in [-0.05, 0) is 19.4 Å². The molecule has 158 valence electrons. The highest BCUT2D eigenvalue weighted by Gasteiger charge is 2.54. The fourth-order valence-electron chi connectivity index (χ4n) is 3.14. The second-order valence-corrected chi connectivity index (χ2v) is 7.30. The molecule has 7 nitrogen and oxygen atoms in total. The molecule has 1 aliphatic rings. The molecule has 1 heterocycles. The van der Waals surface area contributed by atoms with E-state index in [4.69, 9.17) is 28.4 Å². The third-order valence-corrected chi connectivity index (χ3v) is 4.87. The van der Waals surface area contributed by atoms with Crippen molar-refractivity contribution >= 4 is 5.97 Å². The summed E-state index contributed by atoms with van der Waals surface area (Å²) in [7, 11) is 3.21. The number of carbonyl (C=O) groups is 1. The first-order chi connectivity index (χ1) is 13.5. The summed E-state index contributed by atoms with van der Waals surface area (Å²) < 4.78 is 33.2. The van der Waals surface area contributed by atoms with Crippen molar-refractivity contribution in [1.82, 2.24) is 0 Å². The zero-order valence-electron chi connectivity index (χ0n) is 17.2. The molecule has 1 aliphatic heterocycles. The number of rotatable bonds is 13. The van der Waals surface area contributed by atoms with Gasteiger partial charge in [-0.2, -0.15) is 0 Å². The molecule has 1 saturated heterocycles. The maximum atomic E-state index is 12.3. The maximum Gasteiger partial charge on any atom is 0.314 e. The number of carbonyl (C=O) groups excluding carboxylic acids is 1. The van der Waals surface area contributed by atoms with Crippen LogP contribution in [0.3, 0.4) is 0 Å². The minimum atomic E-state index is -0.781. The smallest absolute Gasteiger partial charge is 0.314 e. The van der Waals surface area contributed by atoms with E-state index >= 15 is 0 Å². The van der Waals surface area contributed by atoms with E-state index in [0.717, 1.165) is 5.56 Å². The zero-order chi connectivity index (χ0) is 20.4. The molecule has 1 fully saturated rings. The highest BCUT2D eigenvalue weighted by molar-refractivity contribution is 5.79. The second-order valence-electron chi connectivity index (χ2n) is 7.30. The number of methoxy groups -OCH3 is 2. The van der Waals surface area contributed by atoms with Crippen LogP contribution in [-0.4, -0.2) is 65.1 Å². The molecule has 0 radical (unpaired) electrons. The van der Waals surface area contributed by atoms with Crippen molar-refractivity contribution in [2.75, 3.05) is 40.8 Å². The highest BCUT2D eigenvalue weighted by atomic mass is 16.7. The molecule has 7 heteroatoms. The standard InChI is InChI=1S/C21H32O7/c1-21(2)19(27-15-26-13-12-23-3)18(28-20(21)22)17(24-4)10-11-25-14-16-8-6-5-7-9-16/h5-9,17-19H,10-15H2,1-4H3/t17-,18+,19-/m0/s1. The Morgan fingerprint density at radius 1 is 1.07 bits per heavy atom. The van der Waals surface area contributed by atoms with E-state index in [1.807, 2.05) is 44.2 Å². The lowest BCUT2D eigenvalue weighted by atomic mass is 9.84. The quantitative estimate of drug-likeness (QED) is 0.288. The molecule has 0 amide bonds. The molecule has 28 heavy (non-hydrogen) atoms. The molecule has 0 bridgehead atoms. The zero-order valence-corrected chi connectivity index (χ0v) is 17.2. The van der Waals surface area contributed by atoms with Crippen LogP contribution in [0, 0.1) is 5.41 Å². The Hall–Kier alpha value is -1.51. The summed E-state index contributed by atoms with van der Waals surface area (Å²) in [5, 5.41) is 0. The van der Waals surface area contributed by atoms with E-state index in [1.54, 1.807) is 14.2 Å². The normalized spacial score (nSPS) is 22.2. The minimum Gasteiger partial charge on any atom is -0.456 e. The van der Waals surface area contributed by atoms with E-state index in [2.05, 4.69) is 0 Å². The number of cyclic esters (lactones) is 1. The number of hydrogen-bond donors (Lipinski definition) is 0. The van der Waals surface area contributed by atoms with Gasteiger partial charge < -0.3 is 28.4 Å². The van der Waals surface area contributed by atoms with Crippen molar-refractivity contribution in [3.8, 4) is 0 Å². The third-order valence-electron chi connectivity index (χ3n) is 4.87. The van der Waals surface area contributed by atoms with Gasteiger partial charge in [0.05, 0.1) is 31.3 Å². The number of benzene rings is 1. The largest absolute Gasteiger partial charge is 0.456 e. The van der Waals surface area contributed by atoms with Crippen LogP contribution >= 0.6 is 0 Å². The van der Waals surface area contributed by atoms with Gasteiger partial charge >= 0.3 is 5.97 Å². The molecular weight excluding hydrogens is 364 g/mol. The Balaban J connectivity index is 1.86. The van der Waals surface area contributed by atoms with Crippen molar-refractivity contribution in [1.29, 1.82) is 0 Å². The van der Waals surface area contributed by atoms with Crippen LogP contribution in [0.1, 0.15) is 25.8 Å². The van der Waals surface area contributed by atoms with Crippen LogP contribution in [0.2, 0.25) is 0 Å². The predicted octanol–water partition coefficient (Wildman–Crippen LogP) is 2.57. The van der Waals surface area contributed by atoms with Crippen LogP contribution in [0.4, 0.5) is 0 Å². The molecule has 0 unspecified atom stereocenters. The van der Waals surface area contributed by atoms with Gasteiger partial charge in [-0.3, -0.25) is 4.79 Å². The van der Waals surface area contributed by atoms with E-state index in [0.29, 0.717) is 32.8 Å². The fraction of sp³-hybridized carbons (Fsp3) is 0.667. The molecular formula is C21H32O7.